The van der Waals surface area contributed by atoms with Crippen LogP contribution in [0.4, 0.5) is 0 Å². The molecular weight excluding hydrogens is 242 g/mol. The third-order valence-corrected chi connectivity index (χ3v) is 3.74. The first-order valence-electron chi connectivity index (χ1n) is 6.04. The Bertz CT molecular complexity index is 466. The van der Waals surface area contributed by atoms with Crippen LogP contribution < -0.4 is 5.32 Å². The predicted octanol–water partition coefficient (Wildman–Crippen LogP) is 3.30. The maximum Gasteiger partial charge on any atom is 0.0573 e. The summed E-state index contributed by atoms with van der Waals surface area (Å²) in [5.41, 5.74) is 1.10. The molecule has 0 aromatic carbocycles. The number of hydrogen-bond acceptors (Lipinski definition) is 4. The zero-order chi connectivity index (χ0) is 12.8. The van der Waals surface area contributed by atoms with E-state index in [1.54, 1.807) is 24.2 Å². The Morgan fingerprint density at radius 1 is 1.17 bits per heavy atom. The lowest BCUT2D eigenvalue weighted by atomic mass is 10.1. The summed E-state index contributed by atoms with van der Waals surface area (Å²) < 4.78 is 0. The number of rotatable bonds is 5. The predicted molar refractivity (Wildman–Crippen MR) is 74.7 cm³/mol. The number of aromatic nitrogens is 2. The fraction of sp³-hybridized carbons (Fsp3) is 0.286. The van der Waals surface area contributed by atoms with E-state index in [4.69, 9.17) is 0 Å². The van der Waals surface area contributed by atoms with Crippen molar-refractivity contribution in [3.05, 3.63) is 48.5 Å². The Morgan fingerprint density at radius 3 is 2.50 bits per heavy atom. The van der Waals surface area contributed by atoms with Gasteiger partial charge in [-0.2, -0.15) is 0 Å². The third-order valence-electron chi connectivity index (χ3n) is 2.76. The van der Waals surface area contributed by atoms with Crippen molar-refractivity contribution in [1.82, 2.24) is 15.3 Å². The number of nitrogens with one attached hydrogen (secondary N) is 1. The molecule has 0 saturated heterocycles. The normalized spacial score (nSPS) is 12.3. The summed E-state index contributed by atoms with van der Waals surface area (Å²) in [6.45, 7) is 2.16. The molecule has 0 fully saturated rings. The lowest BCUT2D eigenvalue weighted by Crippen LogP contribution is -2.16. The highest BCUT2D eigenvalue weighted by Crippen LogP contribution is 2.27. The van der Waals surface area contributed by atoms with Crippen LogP contribution in [0.25, 0.3) is 0 Å². The molecule has 0 radical (unpaired) electrons. The van der Waals surface area contributed by atoms with E-state index in [1.807, 2.05) is 25.4 Å². The van der Waals surface area contributed by atoms with E-state index < -0.39 is 0 Å². The molecule has 4 heteroatoms. The van der Waals surface area contributed by atoms with Crippen LogP contribution in [-0.4, -0.2) is 17.0 Å². The van der Waals surface area contributed by atoms with Crippen molar-refractivity contribution in [2.24, 2.45) is 0 Å². The van der Waals surface area contributed by atoms with E-state index in [0.29, 0.717) is 6.04 Å². The van der Waals surface area contributed by atoms with Gasteiger partial charge < -0.3 is 5.32 Å². The van der Waals surface area contributed by atoms with Crippen LogP contribution >= 0.6 is 11.8 Å². The van der Waals surface area contributed by atoms with Gasteiger partial charge in [0, 0.05) is 34.4 Å². The zero-order valence-electron chi connectivity index (χ0n) is 10.6. The molecule has 1 atom stereocenters. The molecule has 3 nitrogen and oxygen atoms in total. The standard InChI is InChI=1S/C14H17N3S/c1-3-13(15-2)14-5-4-12(10-17-14)18-11-6-8-16-9-7-11/h4-10,13,15H,3H2,1-2H3. The quantitative estimate of drug-likeness (QED) is 0.894. The Balaban J connectivity index is 2.08. The van der Waals surface area contributed by atoms with Crippen molar-refractivity contribution < 1.29 is 0 Å². The highest BCUT2D eigenvalue weighted by molar-refractivity contribution is 7.99. The average molecular weight is 259 g/mol. The molecule has 0 amide bonds. The lowest BCUT2D eigenvalue weighted by Gasteiger charge is -2.13. The van der Waals surface area contributed by atoms with Crippen molar-refractivity contribution in [3.63, 3.8) is 0 Å². The van der Waals surface area contributed by atoms with E-state index >= 15 is 0 Å². The van der Waals surface area contributed by atoms with E-state index in [9.17, 15) is 0 Å². The third kappa shape index (κ3) is 3.31. The minimum absolute atomic E-state index is 0.338. The number of hydrogen-bond donors (Lipinski definition) is 1. The lowest BCUT2D eigenvalue weighted by molar-refractivity contribution is 0.561. The van der Waals surface area contributed by atoms with E-state index in [1.165, 1.54) is 4.90 Å². The zero-order valence-corrected chi connectivity index (χ0v) is 11.4. The molecule has 0 aliphatic rings. The topological polar surface area (TPSA) is 37.8 Å². The molecule has 1 N–H and O–H groups in total. The van der Waals surface area contributed by atoms with Crippen LogP contribution in [0.5, 0.6) is 0 Å². The summed E-state index contributed by atoms with van der Waals surface area (Å²) >= 11 is 1.70. The highest BCUT2D eigenvalue weighted by Gasteiger charge is 2.07. The highest BCUT2D eigenvalue weighted by atomic mass is 32.2. The molecule has 18 heavy (non-hydrogen) atoms. The molecule has 0 spiro atoms. The summed E-state index contributed by atoms with van der Waals surface area (Å²) in [5.74, 6) is 0. The minimum Gasteiger partial charge on any atom is -0.312 e. The molecule has 2 rings (SSSR count). The summed E-state index contributed by atoms with van der Waals surface area (Å²) in [6, 6.07) is 8.55. The van der Waals surface area contributed by atoms with E-state index in [0.717, 1.165) is 17.0 Å². The van der Waals surface area contributed by atoms with Gasteiger partial charge >= 0.3 is 0 Å². The van der Waals surface area contributed by atoms with Crippen molar-refractivity contribution in [2.45, 2.75) is 29.2 Å². The van der Waals surface area contributed by atoms with Gasteiger partial charge in [0.05, 0.1) is 5.69 Å². The van der Waals surface area contributed by atoms with Gasteiger partial charge in [-0.3, -0.25) is 9.97 Å². The fourth-order valence-corrected chi connectivity index (χ4v) is 2.53. The van der Waals surface area contributed by atoms with E-state index in [-0.39, 0.29) is 0 Å². The van der Waals surface area contributed by atoms with Crippen molar-refractivity contribution in [3.8, 4) is 0 Å². The van der Waals surface area contributed by atoms with Crippen LogP contribution in [0.3, 0.4) is 0 Å². The molecule has 2 aromatic rings. The second-order valence-electron chi connectivity index (χ2n) is 3.95. The second kappa shape index (κ2) is 6.52. The van der Waals surface area contributed by atoms with Gasteiger partial charge in [-0.25, -0.2) is 0 Å². The van der Waals surface area contributed by atoms with Crippen LogP contribution in [-0.2, 0) is 0 Å². The monoisotopic (exact) mass is 259 g/mol. The summed E-state index contributed by atoms with van der Waals surface area (Å²) in [5, 5.41) is 3.26. The molecule has 94 valence electrons. The molecule has 1 unspecified atom stereocenters. The van der Waals surface area contributed by atoms with Crippen molar-refractivity contribution in [2.75, 3.05) is 7.05 Å². The van der Waals surface area contributed by atoms with Crippen molar-refractivity contribution >= 4 is 11.8 Å². The van der Waals surface area contributed by atoms with Crippen LogP contribution in [0, 0.1) is 0 Å². The summed E-state index contributed by atoms with van der Waals surface area (Å²) in [6.07, 6.45) is 6.58. The SMILES string of the molecule is CCC(NC)c1ccc(Sc2ccncc2)cn1. The molecule has 0 aliphatic heterocycles. The molecule has 2 heterocycles. The van der Waals surface area contributed by atoms with Gasteiger partial charge in [0.2, 0.25) is 0 Å². The van der Waals surface area contributed by atoms with Gasteiger partial charge in [0.25, 0.3) is 0 Å². The maximum absolute atomic E-state index is 4.52. The largest absolute Gasteiger partial charge is 0.312 e. The molecule has 2 aromatic heterocycles. The minimum atomic E-state index is 0.338. The Labute approximate surface area is 112 Å². The second-order valence-corrected chi connectivity index (χ2v) is 5.10. The van der Waals surface area contributed by atoms with Gasteiger partial charge in [0.1, 0.15) is 0 Å². The Kier molecular flexibility index (Phi) is 4.73. The first kappa shape index (κ1) is 13.1. The first-order chi connectivity index (χ1) is 8.83. The van der Waals surface area contributed by atoms with Gasteiger partial charge in [0.15, 0.2) is 0 Å². The average Bonchev–Trinajstić information content (AvgIpc) is 2.43. The maximum atomic E-state index is 4.52. The Morgan fingerprint density at radius 2 is 1.94 bits per heavy atom. The molecule has 0 saturated carbocycles. The first-order valence-corrected chi connectivity index (χ1v) is 6.86. The number of pyridine rings is 2. The fourth-order valence-electron chi connectivity index (χ4n) is 1.76. The van der Waals surface area contributed by atoms with E-state index in [2.05, 4.69) is 34.3 Å². The van der Waals surface area contributed by atoms with Gasteiger partial charge in [-0.1, -0.05) is 18.7 Å². The van der Waals surface area contributed by atoms with Crippen molar-refractivity contribution in [1.29, 1.82) is 0 Å². The van der Waals surface area contributed by atoms with Crippen LogP contribution in [0.2, 0.25) is 0 Å². The summed E-state index contributed by atoms with van der Waals surface area (Å²) in [7, 11) is 1.97. The molecule has 0 aliphatic carbocycles. The number of nitrogens with zero attached hydrogens (tertiary/aromatic N) is 2. The summed E-state index contributed by atoms with van der Waals surface area (Å²) in [4.78, 5) is 10.9. The smallest absolute Gasteiger partial charge is 0.0573 e. The Hall–Kier alpha value is -1.39. The van der Waals surface area contributed by atoms with Crippen LogP contribution in [0.1, 0.15) is 25.1 Å². The molecule has 0 bridgehead atoms. The van der Waals surface area contributed by atoms with Crippen LogP contribution in [0.15, 0.2) is 52.6 Å². The van der Waals surface area contributed by atoms with Gasteiger partial charge in [-0.05, 0) is 37.7 Å². The van der Waals surface area contributed by atoms with Gasteiger partial charge in [-0.15, -0.1) is 0 Å². The molecular formula is C14H17N3S.